The number of ether oxygens (including phenoxy) is 1. The third-order valence-corrected chi connectivity index (χ3v) is 4.76. The van der Waals surface area contributed by atoms with Gasteiger partial charge >= 0.3 is 0 Å². The van der Waals surface area contributed by atoms with E-state index >= 15 is 0 Å². The summed E-state index contributed by atoms with van der Waals surface area (Å²) in [5, 5.41) is 3.11. The molecule has 0 unspecified atom stereocenters. The smallest absolute Gasteiger partial charge is 0.231 e. The zero-order valence-electron chi connectivity index (χ0n) is 14.5. The fourth-order valence-electron chi connectivity index (χ4n) is 3.34. The Bertz CT molecular complexity index is 905. The molecule has 130 valence electrons. The van der Waals surface area contributed by atoms with Gasteiger partial charge in [-0.1, -0.05) is 66.7 Å². The van der Waals surface area contributed by atoms with Crippen LogP contribution in [0.15, 0.2) is 78.9 Å². The highest BCUT2D eigenvalue weighted by Gasteiger charge is 2.26. The molecule has 1 N–H and O–H groups in total. The number of benzene rings is 3. The van der Waals surface area contributed by atoms with Gasteiger partial charge in [-0.15, -0.1) is 0 Å². The number of rotatable bonds is 4. The van der Waals surface area contributed by atoms with Crippen molar-refractivity contribution in [3.8, 4) is 5.75 Å². The molecular formula is C23H21NO2. The van der Waals surface area contributed by atoms with Crippen molar-refractivity contribution in [2.75, 3.05) is 11.9 Å². The van der Waals surface area contributed by atoms with E-state index in [2.05, 4.69) is 23.5 Å². The molecule has 0 saturated carbocycles. The van der Waals surface area contributed by atoms with Crippen LogP contribution in [-0.2, 0) is 17.6 Å². The molecule has 3 aromatic rings. The summed E-state index contributed by atoms with van der Waals surface area (Å²) in [5.41, 5.74) is 4.31. The Morgan fingerprint density at radius 2 is 1.65 bits per heavy atom. The Balaban J connectivity index is 1.48. The van der Waals surface area contributed by atoms with E-state index in [4.69, 9.17) is 4.74 Å². The normalized spacial score (nSPS) is 15.6. The second-order valence-corrected chi connectivity index (χ2v) is 6.63. The van der Waals surface area contributed by atoms with Crippen LogP contribution >= 0.6 is 0 Å². The molecule has 3 aromatic carbocycles. The molecule has 3 heteroatoms. The Morgan fingerprint density at radius 3 is 2.54 bits per heavy atom. The summed E-state index contributed by atoms with van der Waals surface area (Å²) in [4.78, 5) is 12.8. The second kappa shape index (κ2) is 7.44. The van der Waals surface area contributed by atoms with Gasteiger partial charge < -0.3 is 10.1 Å². The van der Waals surface area contributed by atoms with E-state index in [1.807, 2.05) is 60.7 Å². The van der Waals surface area contributed by atoms with Crippen molar-refractivity contribution >= 4 is 11.6 Å². The molecule has 0 spiro atoms. The van der Waals surface area contributed by atoms with E-state index < -0.39 is 0 Å². The number of para-hydroxylation sites is 2. The van der Waals surface area contributed by atoms with Gasteiger partial charge in [0.15, 0.2) is 0 Å². The van der Waals surface area contributed by atoms with Crippen LogP contribution in [0.25, 0.3) is 0 Å². The minimum atomic E-state index is -0.172. The molecule has 1 amide bonds. The maximum absolute atomic E-state index is 12.8. The molecule has 3 nitrogen and oxygen atoms in total. The number of fused-ring (bicyclic) bond motifs is 1. The van der Waals surface area contributed by atoms with Crippen LogP contribution < -0.4 is 10.1 Å². The third kappa shape index (κ3) is 3.62. The highest BCUT2D eigenvalue weighted by Crippen LogP contribution is 2.28. The minimum Gasteiger partial charge on any atom is -0.492 e. The van der Waals surface area contributed by atoms with Crippen LogP contribution in [0.5, 0.6) is 5.75 Å². The summed E-state index contributed by atoms with van der Waals surface area (Å²) >= 11 is 0. The topological polar surface area (TPSA) is 38.3 Å². The van der Waals surface area contributed by atoms with Crippen LogP contribution in [0.2, 0.25) is 0 Å². The van der Waals surface area contributed by atoms with Crippen LogP contribution in [-0.4, -0.2) is 12.5 Å². The fourth-order valence-corrected chi connectivity index (χ4v) is 3.34. The first-order valence-corrected chi connectivity index (χ1v) is 8.93. The van der Waals surface area contributed by atoms with E-state index in [0.717, 1.165) is 29.0 Å². The summed E-state index contributed by atoms with van der Waals surface area (Å²) < 4.78 is 5.76. The standard InChI is InChI=1S/C23H21NO2/c25-23(20-15-19-11-5-7-13-22(19)26-16-20)24-21-12-6-4-10-18(21)14-17-8-2-1-3-9-17/h1-13,20H,14-16H2,(H,24,25)/t20-/m0/s1. The number of amides is 1. The number of carbonyl (C=O) groups is 1. The Morgan fingerprint density at radius 1 is 0.923 bits per heavy atom. The summed E-state index contributed by atoms with van der Waals surface area (Å²) in [6, 6.07) is 26.2. The number of hydrogen-bond donors (Lipinski definition) is 1. The first kappa shape index (κ1) is 16.4. The molecule has 4 rings (SSSR count). The minimum absolute atomic E-state index is 0.0139. The molecule has 0 fully saturated rings. The second-order valence-electron chi connectivity index (χ2n) is 6.63. The van der Waals surface area contributed by atoms with Crippen molar-refractivity contribution in [2.24, 2.45) is 5.92 Å². The van der Waals surface area contributed by atoms with Crippen molar-refractivity contribution in [1.82, 2.24) is 0 Å². The predicted octanol–water partition coefficient (Wildman–Crippen LogP) is 4.47. The van der Waals surface area contributed by atoms with E-state index in [-0.39, 0.29) is 11.8 Å². The average Bonchev–Trinajstić information content (AvgIpc) is 2.70. The number of nitrogens with one attached hydrogen (secondary N) is 1. The largest absolute Gasteiger partial charge is 0.492 e. The maximum Gasteiger partial charge on any atom is 0.231 e. The lowest BCUT2D eigenvalue weighted by Gasteiger charge is -2.25. The summed E-state index contributed by atoms with van der Waals surface area (Å²) in [5.74, 6) is 0.732. The molecule has 0 aromatic heterocycles. The van der Waals surface area contributed by atoms with Crippen molar-refractivity contribution < 1.29 is 9.53 Å². The number of hydrogen-bond acceptors (Lipinski definition) is 2. The SMILES string of the molecule is O=C(Nc1ccccc1Cc1ccccc1)[C@@H]1COc2ccccc2C1. The number of carbonyl (C=O) groups excluding carboxylic acids is 1. The molecule has 0 bridgehead atoms. The zero-order chi connectivity index (χ0) is 17.8. The monoisotopic (exact) mass is 343 g/mol. The lowest BCUT2D eigenvalue weighted by Crippen LogP contribution is -2.32. The van der Waals surface area contributed by atoms with Gasteiger partial charge in [0.2, 0.25) is 5.91 Å². The van der Waals surface area contributed by atoms with Gasteiger partial charge in [-0.2, -0.15) is 0 Å². The van der Waals surface area contributed by atoms with Gasteiger partial charge in [-0.05, 0) is 41.7 Å². The maximum atomic E-state index is 12.8. The lowest BCUT2D eigenvalue weighted by atomic mass is 9.95. The van der Waals surface area contributed by atoms with Crippen LogP contribution in [0.1, 0.15) is 16.7 Å². The average molecular weight is 343 g/mol. The Hall–Kier alpha value is -3.07. The van der Waals surface area contributed by atoms with Crippen LogP contribution in [0.4, 0.5) is 5.69 Å². The van der Waals surface area contributed by atoms with Gasteiger partial charge in [-0.3, -0.25) is 4.79 Å². The van der Waals surface area contributed by atoms with Gasteiger partial charge in [0.1, 0.15) is 12.4 Å². The molecule has 26 heavy (non-hydrogen) atoms. The molecule has 1 atom stereocenters. The van der Waals surface area contributed by atoms with Crippen LogP contribution in [0, 0.1) is 5.92 Å². The first-order chi connectivity index (χ1) is 12.8. The summed E-state index contributed by atoms with van der Waals surface area (Å²) in [6.07, 6.45) is 1.50. The van der Waals surface area contributed by atoms with Gasteiger partial charge in [0.25, 0.3) is 0 Å². The highest BCUT2D eigenvalue weighted by atomic mass is 16.5. The molecule has 0 saturated heterocycles. The lowest BCUT2D eigenvalue weighted by molar-refractivity contribution is -0.121. The van der Waals surface area contributed by atoms with Gasteiger partial charge in [0.05, 0.1) is 5.92 Å². The quantitative estimate of drug-likeness (QED) is 0.759. The van der Waals surface area contributed by atoms with E-state index in [0.29, 0.717) is 13.0 Å². The molecule has 0 aliphatic carbocycles. The van der Waals surface area contributed by atoms with Gasteiger partial charge in [0, 0.05) is 5.69 Å². The van der Waals surface area contributed by atoms with Crippen molar-refractivity contribution in [3.63, 3.8) is 0 Å². The van der Waals surface area contributed by atoms with Crippen molar-refractivity contribution in [3.05, 3.63) is 95.6 Å². The Labute approximate surface area is 153 Å². The summed E-state index contributed by atoms with van der Waals surface area (Å²) in [7, 11) is 0. The van der Waals surface area contributed by atoms with Gasteiger partial charge in [-0.25, -0.2) is 0 Å². The van der Waals surface area contributed by atoms with Crippen molar-refractivity contribution in [1.29, 1.82) is 0 Å². The highest BCUT2D eigenvalue weighted by molar-refractivity contribution is 5.93. The van der Waals surface area contributed by atoms with E-state index in [1.165, 1.54) is 5.56 Å². The molecular weight excluding hydrogens is 322 g/mol. The van der Waals surface area contributed by atoms with E-state index in [1.54, 1.807) is 0 Å². The molecule has 1 aliphatic rings. The van der Waals surface area contributed by atoms with Crippen LogP contribution in [0.3, 0.4) is 0 Å². The predicted molar refractivity (Wildman–Crippen MR) is 103 cm³/mol. The van der Waals surface area contributed by atoms with E-state index in [9.17, 15) is 4.79 Å². The fraction of sp³-hybridized carbons (Fsp3) is 0.174. The molecule has 1 aliphatic heterocycles. The zero-order valence-corrected chi connectivity index (χ0v) is 14.5. The molecule has 0 radical (unpaired) electrons. The first-order valence-electron chi connectivity index (χ1n) is 8.93. The van der Waals surface area contributed by atoms with Crippen molar-refractivity contribution in [2.45, 2.75) is 12.8 Å². The molecule has 1 heterocycles. The number of anilines is 1. The summed E-state index contributed by atoms with van der Waals surface area (Å²) in [6.45, 7) is 0.420. The Kier molecular flexibility index (Phi) is 4.69. The third-order valence-electron chi connectivity index (χ3n) is 4.76.